The van der Waals surface area contributed by atoms with E-state index in [4.69, 9.17) is 4.98 Å². The van der Waals surface area contributed by atoms with Crippen molar-refractivity contribution in [1.29, 1.82) is 0 Å². The van der Waals surface area contributed by atoms with Crippen molar-refractivity contribution < 1.29 is 0 Å². The second kappa shape index (κ2) is 6.17. The zero-order valence-corrected chi connectivity index (χ0v) is 14.1. The van der Waals surface area contributed by atoms with Crippen LogP contribution in [0.2, 0.25) is 0 Å². The molecule has 3 aromatic rings. The van der Waals surface area contributed by atoms with Gasteiger partial charge < -0.3 is 4.98 Å². The van der Waals surface area contributed by atoms with E-state index in [-0.39, 0.29) is 0 Å². The van der Waals surface area contributed by atoms with E-state index in [0.29, 0.717) is 0 Å². The van der Waals surface area contributed by atoms with Crippen molar-refractivity contribution in [2.24, 2.45) is 0 Å². The van der Waals surface area contributed by atoms with Gasteiger partial charge in [-0.15, -0.1) is 0 Å². The van der Waals surface area contributed by atoms with E-state index in [9.17, 15) is 0 Å². The number of nitrogens with zero attached hydrogens (tertiary/aromatic N) is 4. The van der Waals surface area contributed by atoms with Crippen molar-refractivity contribution >= 4 is 0 Å². The SMILES string of the molecule is Cc1cc(C)c(CN2CCc3cnc(-c4cccnc4)nc3C2)[nH]1. The highest BCUT2D eigenvalue weighted by Crippen LogP contribution is 2.22. The van der Waals surface area contributed by atoms with Crippen LogP contribution in [-0.2, 0) is 19.5 Å². The molecule has 0 radical (unpaired) electrons. The number of aromatic amines is 1. The lowest BCUT2D eigenvalue weighted by molar-refractivity contribution is 0.238. The summed E-state index contributed by atoms with van der Waals surface area (Å²) < 4.78 is 0. The maximum absolute atomic E-state index is 4.80. The van der Waals surface area contributed by atoms with Gasteiger partial charge in [0.05, 0.1) is 5.69 Å². The third kappa shape index (κ3) is 2.95. The van der Waals surface area contributed by atoms with Crippen LogP contribution in [0.1, 0.15) is 28.2 Å². The van der Waals surface area contributed by atoms with Crippen LogP contribution in [0.4, 0.5) is 0 Å². The summed E-state index contributed by atoms with van der Waals surface area (Å²) in [6.07, 6.45) is 6.56. The van der Waals surface area contributed by atoms with Crippen molar-refractivity contribution in [1.82, 2.24) is 24.8 Å². The van der Waals surface area contributed by atoms with Crippen molar-refractivity contribution in [2.75, 3.05) is 6.54 Å². The van der Waals surface area contributed by atoms with Crippen LogP contribution in [-0.4, -0.2) is 31.4 Å². The summed E-state index contributed by atoms with van der Waals surface area (Å²) in [5.41, 5.74) is 7.22. The molecule has 5 nitrogen and oxygen atoms in total. The predicted molar refractivity (Wildman–Crippen MR) is 93.3 cm³/mol. The second-order valence-corrected chi connectivity index (χ2v) is 6.48. The Morgan fingerprint density at radius 2 is 2.17 bits per heavy atom. The Kier molecular flexibility index (Phi) is 3.86. The first-order valence-electron chi connectivity index (χ1n) is 8.31. The summed E-state index contributed by atoms with van der Waals surface area (Å²) in [6.45, 7) is 7.11. The molecule has 0 aromatic carbocycles. The highest BCUT2D eigenvalue weighted by Gasteiger charge is 2.20. The van der Waals surface area contributed by atoms with E-state index in [1.165, 1.54) is 22.5 Å². The molecule has 0 aliphatic carbocycles. The highest BCUT2D eigenvalue weighted by molar-refractivity contribution is 5.53. The molecule has 0 fully saturated rings. The molecule has 0 atom stereocenters. The van der Waals surface area contributed by atoms with Crippen LogP contribution in [0.25, 0.3) is 11.4 Å². The lowest BCUT2D eigenvalue weighted by atomic mass is 10.1. The number of hydrogen-bond acceptors (Lipinski definition) is 4. The van der Waals surface area contributed by atoms with Crippen LogP contribution < -0.4 is 0 Å². The van der Waals surface area contributed by atoms with Gasteiger partial charge in [0.1, 0.15) is 0 Å². The molecule has 0 spiro atoms. The van der Waals surface area contributed by atoms with E-state index >= 15 is 0 Å². The van der Waals surface area contributed by atoms with Crippen molar-refractivity contribution in [2.45, 2.75) is 33.4 Å². The van der Waals surface area contributed by atoms with Crippen molar-refractivity contribution in [3.8, 4) is 11.4 Å². The van der Waals surface area contributed by atoms with Gasteiger partial charge in [-0.05, 0) is 49.6 Å². The summed E-state index contributed by atoms with van der Waals surface area (Å²) in [7, 11) is 0. The Labute approximate surface area is 141 Å². The van der Waals surface area contributed by atoms with Gasteiger partial charge in [0, 0.05) is 55.2 Å². The number of hydrogen-bond donors (Lipinski definition) is 1. The third-order valence-corrected chi connectivity index (χ3v) is 4.58. The van der Waals surface area contributed by atoms with Crippen molar-refractivity contribution in [3.05, 3.63) is 65.0 Å². The average Bonchev–Trinajstić information content (AvgIpc) is 2.92. The Hall–Kier alpha value is -2.53. The largest absolute Gasteiger partial charge is 0.361 e. The smallest absolute Gasteiger partial charge is 0.160 e. The van der Waals surface area contributed by atoms with Gasteiger partial charge in [0.25, 0.3) is 0 Å². The Balaban J connectivity index is 1.56. The molecular formula is C19H21N5. The Morgan fingerprint density at radius 3 is 2.92 bits per heavy atom. The number of H-pyrrole nitrogens is 1. The molecule has 122 valence electrons. The first kappa shape index (κ1) is 15.0. The summed E-state index contributed by atoms with van der Waals surface area (Å²) in [4.78, 5) is 19.4. The van der Waals surface area contributed by atoms with Gasteiger partial charge in [-0.25, -0.2) is 9.97 Å². The number of pyridine rings is 1. The van der Waals surface area contributed by atoms with E-state index < -0.39 is 0 Å². The van der Waals surface area contributed by atoms with Crippen molar-refractivity contribution in [3.63, 3.8) is 0 Å². The number of rotatable bonds is 3. The standard InChI is InChI=1S/C19H21N5/c1-13-8-14(2)22-17(13)11-24-7-5-15-10-21-19(23-18(15)12-24)16-4-3-6-20-9-16/h3-4,6,8-10,22H,5,7,11-12H2,1-2H3. The normalized spacial score (nSPS) is 14.6. The lowest BCUT2D eigenvalue weighted by Gasteiger charge is -2.27. The molecule has 0 amide bonds. The molecule has 4 heterocycles. The zero-order valence-electron chi connectivity index (χ0n) is 14.1. The third-order valence-electron chi connectivity index (χ3n) is 4.58. The highest BCUT2D eigenvalue weighted by atomic mass is 15.1. The van der Waals surface area contributed by atoms with Gasteiger partial charge >= 0.3 is 0 Å². The molecule has 4 rings (SSSR count). The summed E-state index contributed by atoms with van der Waals surface area (Å²) >= 11 is 0. The van der Waals surface area contributed by atoms with E-state index in [1.54, 1.807) is 6.20 Å². The Morgan fingerprint density at radius 1 is 1.25 bits per heavy atom. The maximum atomic E-state index is 4.80. The number of nitrogens with one attached hydrogen (secondary N) is 1. The van der Waals surface area contributed by atoms with Crippen LogP contribution in [0, 0.1) is 13.8 Å². The summed E-state index contributed by atoms with van der Waals surface area (Å²) in [5.74, 6) is 0.760. The summed E-state index contributed by atoms with van der Waals surface area (Å²) in [6, 6.07) is 6.12. The van der Waals surface area contributed by atoms with Crippen LogP contribution in [0.3, 0.4) is 0 Å². The molecule has 0 saturated carbocycles. The molecule has 0 unspecified atom stereocenters. The molecule has 1 aliphatic heterocycles. The van der Waals surface area contributed by atoms with Gasteiger partial charge in [-0.3, -0.25) is 9.88 Å². The molecule has 1 aliphatic rings. The minimum absolute atomic E-state index is 0.760. The fourth-order valence-electron chi connectivity index (χ4n) is 3.30. The van der Waals surface area contributed by atoms with E-state index in [1.807, 2.05) is 24.5 Å². The summed E-state index contributed by atoms with van der Waals surface area (Å²) in [5, 5.41) is 0. The molecule has 5 heteroatoms. The van der Waals surface area contributed by atoms with Crippen LogP contribution in [0.15, 0.2) is 36.8 Å². The van der Waals surface area contributed by atoms with Gasteiger partial charge in [0.2, 0.25) is 0 Å². The number of fused-ring (bicyclic) bond motifs is 1. The van der Waals surface area contributed by atoms with Crippen LogP contribution >= 0.6 is 0 Å². The molecule has 3 aromatic heterocycles. The quantitative estimate of drug-likeness (QED) is 0.806. The lowest BCUT2D eigenvalue weighted by Crippen LogP contribution is -2.31. The first-order valence-corrected chi connectivity index (χ1v) is 8.31. The predicted octanol–water partition coefficient (Wildman–Crippen LogP) is 3.04. The van der Waals surface area contributed by atoms with Gasteiger partial charge in [-0.1, -0.05) is 0 Å². The van der Waals surface area contributed by atoms with E-state index in [0.717, 1.165) is 43.1 Å². The number of aromatic nitrogens is 4. The maximum Gasteiger partial charge on any atom is 0.160 e. The van der Waals surface area contributed by atoms with Gasteiger partial charge in [-0.2, -0.15) is 0 Å². The monoisotopic (exact) mass is 319 g/mol. The van der Waals surface area contributed by atoms with E-state index in [2.05, 4.69) is 39.8 Å². The fourth-order valence-corrected chi connectivity index (χ4v) is 3.30. The average molecular weight is 319 g/mol. The fraction of sp³-hybridized carbons (Fsp3) is 0.316. The molecule has 24 heavy (non-hydrogen) atoms. The van der Waals surface area contributed by atoms with Crippen LogP contribution in [0.5, 0.6) is 0 Å². The second-order valence-electron chi connectivity index (χ2n) is 6.48. The Bertz CT molecular complexity index is 853. The number of aryl methyl sites for hydroxylation is 2. The molecule has 0 saturated heterocycles. The minimum Gasteiger partial charge on any atom is -0.361 e. The topological polar surface area (TPSA) is 57.7 Å². The first-order chi connectivity index (χ1) is 11.7. The molecule has 1 N–H and O–H groups in total. The molecule has 0 bridgehead atoms. The zero-order chi connectivity index (χ0) is 16.5. The minimum atomic E-state index is 0.760. The van der Waals surface area contributed by atoms with Gasteiger partial charge in [0.15, 0.2) is 5.82 Å². The molecular weight excluding hydrogens is 298 g/mol.